The molecule has 0 spiro atoms. The molecule has 7 N–H and O–H groups in total. The molecule has 9 nitrogen and oxygen atoms in total. The van der Waals surface area contributed by atoms with Crippen LogP contribution in [0.25, 0.3) is 10.9 Å². The van der Waals surface area contributed by atoms with Crippen LogP contribution in [-0.4, -0.2) is 51.5 Å². The highest BCUT2D eigenvalue weighted by atomic mass is 32.2. The molecular weight excluding hydrogens is 625 g/mol. The van der Waals surface area contributed by atoms with Crippen LogP contribution >= 0.6 is 11.8 Å². The number of benzene rings is 4. The van der Waals surface area contributed by atoms with E-state index in [1.807, 2.05) is 121 Å². The first kappa shape index (κ1) is 35.8. The Bertz CT molecular complexity index is 1690. The number of carbonyl (C=O) groups is 3. The summed E-state index contributed by atoms with van der Waals surface area (Å²) >= 11 is 1.47. The van der Waals surface area contributed by atoms with Crippen LogP contribution in [0.5, 0.6) is 0 Å². The molecule has 2 atom stereocenters. The van der Waals surface area contributed by atoms with E-state index in [2.05, 4.69) is 10.3 Å². The van der Waals surface area contributed by atoms with Crippen molar-refractivity contribution in [1.82, 2.24) is 10.3 Å². The van der Waals surface area contributed by atoms with Gasteiger partial charge in [0.2, 0.25) is 5.91 Å². The molecular formula is C38H42N4O5S. The second-order valence-electron chi connectivity index (χ2n) is 12.2. The number of alkyl carbamates (subject to hydrolysis) is 1. The van der Waals surface area contributed by atoms with Gasteiger partial charge in [-0.2, -0.15) is 0 Å². The number of hydrogen-bond donors (Lipinski definition) is 5. The lowest BCUT2D eigenvalue weighted by Gasteiger charge is -2.36. The van der Waals surface area contributed by atoms with E-state index in [1.54, 1.807) is 20.8 Å². The minimum atomic E-state index is -1.12. The number of rotatable bonds is 11. The maximum Gasteiger partial charge on any atom is 0.408 e. The summed E-state index contributed by atoms with van der Waals surface area (Å²) in [5.74, 6) is -1.45. The Morgan fingerprint density at radius 2 is 1.29 bits per heavy atom. The van der Waals surface area contributed by atoms with Gasteiger partial charge < -0.3 is 31.6 Å². The number of aliphatic carboxylic acids is 1. The van der Waals surface area contributed by atoms with Crippen molar-refractivity contribution in [3.05, 3.63) is 144 Å². The fourth-order valence-electron chi connectivity index (χ4n) is 5.24. The van der Waals surface area contributed by atoms with Crippen LogP contribution in [0, 0.1) is 0 Å². The van der Waals surface area contributed by atoms with Gasteiger partial charge in [-0.25, -0.2) is 9.59 Å². The van der Waals surface area contributed by atoms with Gasteiger partial charge in [0.15, 0.2) is 0 Å². The molecule has 0 radical (unpaired) electrons. The van der Waals surface area contributed by atoms with Crippen molar-refractivity contribution in [3.8, 4) is 0 Å². The van der Waals surface area contributed by atoms with Crippen LogP contribution in [0.2, 0.25) is 0 Å². The molecule has 10 heteroatoms. The summed E-state index contributed by atoms with van der Waals surface area (Å²) in [5.41, 5.74) is 15.1. The third-order valence-electron chi connectivity index (χ3n) is 7.48. The number of carbonyl (C=O) groups excluding carboxylic acids is 2. The number of carboxylic acid groups (broad SMARTS) is 1. The Kier molecular flexibility index (Phi) is 12.1. The highest BCUT2D eigenvalue weighted by Crippen LogP contribution is 2.48. The van der Waals surface area contributed by atoms with Crippen LogP contribution in [0.3, 0.4) is 0 Å². The van der Waals surface area contributed by atoms with Crippen molar-refractivity contribution in [2.45, 2.75) is 49.6 Å². The summed E-state index contributed by atoms with van der Waals surface area (Å²) in [4.78, 5) is 38.3. The average molecular weight is 667 g/mol. The normalized spacial score (nSPS) is 12.7. The monoisotopic (exact) mass is 666 g/mol. The van der Waals surface area contributed by atoms with E-state index in [1.165, 1.54) is 11.8 Å². The fourth-order valence-corrected chi connectivity index (χ4v) is 6.79. The van der Waals surface area contributed by atoms with Gasteiger partial charge in [0.1, 0.15) is 11.6 Å². The second-order valence-corrected chi connectivity index (χ2v) is 13.4. The lowest BCUT2D eigenvalue weighted by molar-refractivity contribution is -0.138. The number of nitrogens with two attached hydrogens (primary N) is 2. The highest BCUT2D eigenvalue weighted by Gasteiger charge is 2.38. The van der Waals surface area contributed by atoms with Crippen molar-refractivity contribution in [2.24, 2.45) is 11.5 Å². The lowest BCUT2D eigenvalue weighted by atomic mass is 9.84. The van der Waals surface area contributed by atoms with E-state index in [4.69, 9.17) is 16.2 Å². The Hall–Kier alpha value is -5.06. The number of ether oxygens (including phenoxy) is 1. The summed E-state index contributed by atoms with van der Waals surface area (Å²) in [6.07, 6.45) is 1.59. The number of fused-ring (bicyclic) bond motifs is 1. The topological polar surface area (TPSA) is 161 Å². The highest BCUT2D eigenvalue weighted by molar-refractivity contribution is 8.00. The number of primary amides is 1. The standard InChI is InChI=1S/C27H29NO4S.C11H13N3O/c1-26(2,3)32-25(31)28-23(24(29)30)19-33-27(20-13-7-4-8-14-20,21-15-9-5-10-16-21)22-17-11-6-12-18-22;12-9(11(13)15)5-7-6-14-10-4-2-1-3-8(7)10/h4-18,23H,19H2,1-3H3,(H,28,31)(H,29,30);1-4,6,9,14H,5,12H2,(H2,13,15)/t23-;9-/m10/s1. The van der Waals surface area contributed by atoms with Gasteiger partial charge in [-0.1, -0.05) is 109 Å². The van der Waals surface area contributed by atoms with E-state index in [-0.39, 0.29) is 5.75 Å². The first-order valence-electron chi connectivity index (χ1n) is 15.5. The van der Waals surface area contributed by atoms with E-state index >= 15 is 0 Å². The van der Waals surface area contributed by atoms with Crippen molar-refractivity contribution in [3.63, 3.8) is 0 Å². The third-order valence-corrected chi connectivity index (χ3v) is 9.12. The van der Waals surface area contributed by atoms with Gasteiger partial charge in [0.25, 0.3) is 0 Å². The molecule has 0 saturated heterocycles. The largest absolute Gasteiger partial charge is 0.480 e. The first-order valence-corrected chi connectivity index (χ1v) is 16.5. The van der Waals surface area contributed by atoms with Crippen molar-refractivity contribution in [1.29, 1.82) is 0 Å². The molecule has 0 saturated carbocycles. The summed E-state index contributed by atoms with van der Waals surface area (Å²) in [6, 6.07) is 36.1. The maximum absolute atomic E-state index is 12.3. The van der Waals surface area contributed by atoms with Crippen LogP contribution in [0.15, 0.2) is 121 Å². The number of nitrogens with one attached hydrogen (secondary N) is 2. The van der Waals surface area contributed by atoms with Crippen LogP contribution in [0.4, 0.5) is 4.79 Å². The Morgan fingerprint density at radius 3 is 1.75 bits per heavy atom. The fraction of sp³-hybridized carbons (Fsp3) is 0.237. The number of thioether (sulfide) groups is 1. The van der Waals surface area contributed by atoms with Gasteiger partial charge in [-0.15, -0.1) is 11.8 Å². The zero-order chi connectivity index (χ0) is 34.7. The molecule has 2 amide bonds. The van der Waals surface area contributed by atoms with Gasteiger partial charge in [0, 0.05) is 22.9 Å². The first-order chi connectivity index (χ1) is 22.9. The molecule has 1 heterocycles. The van der Waals surface area contributed by atoms with Crippen molar-refractivity contribution in [2.75, 3.05) is 5.75 Å². The van der Waals surface area contributed by atoms with Crippen LogP contribution < -0.4 is 16.8 Å². The van der Waals surface area contributed by atoms with Crippen molar-refractivity contribution >= 4 is 40.6 Å². The molecule has 0 bridgehead atoms. The van der Waals surface area contributed by atoms with E-state index in [9.17, 15) is 19.5 Å². The minimum Gasteiger partial charge on any atom is -0.480 e. The molecule has 4 aromatic carbocycles. The molecule has 5 rings (SSSR count). The number of para-hydroxylation sites is 1. The summed E-state index contributed by atoms with van der Waals surface area (Å²) in [6.45, 7) is 5.22. The third kappa shape index (κ3) is 9.27. The van der Waals surface area contributed by atoms with Crippen LogP contribution in [0.1, 0.15) is 43.0 Å². The van der Waals surface area contributed by atoms with Gasteiger partial charge in [-0.05, 0) is 55.5 Å². The summed E-state index contributed by atoms with van der Waals surface area (Å²) in [7, 11) is 0. The predicted octanol–water partition coefficient (Wildman–Crippen LogP) is 6.21. The molecule has 0 aliphatic heterocycles. The number of aromatic amines is 1. The Morgan fingerprint density at radius 1 is 0.812 bits per heavy atom. The Balaban J connectivity index is 0.000000287. The number of carboxylic acids is 1. The smallest absolute Gasteiger partial charge is 0.408 e. The van der Waals surface area contributed by atoms with Gasteiger partial charge >= 0.3 is 12.1 Å². The number of amides is 2. The zero-order valence-corrected chi connectivity index (χ0v) is 28.1. The average Bonchev–Trinajstić information content (AvgIpc) is 3.48. The van der Waals surface area contributed by atoms with Crippen molar-refractivity contribution < 1.29 is 24.2 Å². The minimum absolute atomic E-state index is 0.132. The quantitative estimate of drug-likeness (QED) is 0.105. The molecule has 250 valence electrons. The molecule has 5 aromatic rings. The second kappa shape index (κ2) is 16.2. The zero-order valence-electron chi connectivity index (χ0n) is 27.3. The molecule has 1 aromatic heterocycles. The molecule has 48 heavy (non-hydrogen) atoms. The number of hydrogen-bond acceptors (Lipinski definition) is 6. The van der Waals surface area contributed by atoms with E-state index in [0.29, 0.717) is 6.42 Å². The molecule has 0 aliphatic carbocycles. The van der Waals surface area contributed by atoms with Gasteiger partial charge in [-0.3, -0.25) is 4.79 Å². The SMILES string of the molecule is CC(C)(C)OC(=O)N[C@H](CSC(c1ccccc1)(c1ccccc1)c1ccccc1)C(=O)O.NC(=O)[C@@H](N)Cc1c[nH]c2ccccc12. The van der Waals surface area contributed by atoms with E-state index < -0.39 is 40.4 Å². The predicted molar refractivity (Wildman–Crippen MR) is 192 cm³/mol. The number of aromatic nitrogens is 1. The van der Waals surface area contributed by atoms with Gasteiger partial charge in [0.05, 0.1) is 10.8 Å². The lowest BCUT2D eigenvalue weighted by Crippen LogP contribution is -2.45. The summed E-state index contributed by atoms with van der Waals surface area (Å²) in [5, 5.41) is 13.5. The Labute approximate surface area is 285 Å². The summed E-state index contributed by atoms with van der Waals surface area (Å²) < 4.78 is 4.61. The maximum atomic E-state index is 12.3. The van der Waals surface area contributed by atoms with E-state index in [0.717, 1.165) is 33.2 Å². The number of H-pyrrole nitrogens is 1. The molecule has 0 unspecified atom stereocenters. The molecule has 0 aliphatic rings. The molecule has 0 fully saturated rings. The van der Waals surface area contributed by atoms with Crippen LogP contribution in [-0.2, 0) is 25.5 Å².